The highest BCUT2D eigenvalue weighted by atomic mass is 32.2. The van der Waals surface area contributed by atoms with E-state index in [1.807, 2.05) is 6.92 Å². The fourth-order valence-corrected chi connectivity index (χ4v) is 4.96. The number of nitrogens with one attached hydrogen (secondary N) is 1. The molecule has 9 heteroatoms. The van der Waals surface area contributed by atoms with Gasteiger partial charge in [-0.25, -0.2) is 13.2 Å². The molecule has 8 nitrogen and oxygen atoms in total. The summed E-state index contributed by atoms with van der Waals surface area (Å²) in [7, 11) is -3.59. The monoisotopic (exact) mass is 460 g/mol. The second-order valence-corrected chi connectivity index (χ2v) is 9.33. The van der Waals surface area contributed by atoms with E-state index in [1.165, 1.54) is 28.6 Å². The predicted octanol–water partition coefficient (Wildman–Crippen LogP) is 3.45. The molecule has 0 aliphatic carbocycles. The van der Waals surface area contributed by atoms with E-state index in [0.29, 0.717) is 31.1 Å². The Bertz CT molecular complexity index is 1030. The molecule has 2 aromatic carbocycles. The van der Waals surface area contributed by atoms with Gasteiger partial charge in [0.1, 0.15) is 5.75 Å². The largest absolute Gasteiger partial charge is 0.492 e. The van der Waals surface area contributed by atoms with Crippen molar-refractivity contribution in [3.8, 4) is 5.75 Å². The molecule has 1 saturated heterocycles. The van der Waals surface area contributed by atoms with Crippen LogP contribution in [0.2, 0.25) is 0 Å². The van der Waals surface area contributed by atoms with E-state index in [4.69, 9.17) is 9.47 Å². The molecule has 0 radical (unpaired) electrons. The molecule has 1 aliphatic rings. The summed E-state index contributed by atoms with van der Waals surface area (Å²) >= 11 is 0. The van der Waals surface area contributed by atoms with E-state index in [1.54, 1.807) is 24.3 Å². The van der Waals surface area contributed by atoms with Crippen LogP contribution in [-0.2, 0) is 19.6 Å². The number of amides is 1. The van der Waals surface area contributed by atoms with Crippen LogP contribution in [0.15, 0.2) is 53.4 Å². The number of carbonyl (C=O) groups excluding carboxylic acids is 2. The van der Waals surface area contributed by atoms with Gasteiger partial charge in [-0.05, 0) is 56.2 Å². The lowest BCUT2D eigenvalue weighted by atomic mass is 10.2. The topological polar surface area (TPSA) is 102 Å². The van der Waals surface area contributed by atoms with E-state index in [2.05, 4.69) is 5.32 Å². The van der Waals surface area contributed by atoms with Crippen molar-refractivity contribution in [3.05, 3.63) is 54.1 Å². The molecule has 1 N–H and O–H groups in total. The van der Waals surface area contributed by atoms with Gasteiger partial charge in [0.2, 0.25) is 10.0 Å². The number of hydrogen-bond donors (Lipinski definition) is 1. The number of nitrogens with zero attached hydrogens (tertiary/aromatic N) is 1. The van der Waals surface area contributed by atoms with Crippen LogP contribution in [0.4, 0.5) is 5.69 Å². The number of hydrogen-bond acceptors (Lipinski definition) is 6. The Labute approximate surface area is 188 Å². The van der Waals surface area contributed by atoms with Crippen molar-refractivity contribution in [1.82, 2.24) is 4.31 Å². The summed E-state index contributed by atoms with van der Waals surface area (Å²) < 4.78 is 37.7. The first-order chi connectivity index (χ1) is 15.4. The van der Waals surface area contributed by atoms with Crippen LogP contribution in [-0.4, -0.2) is 50.9 Å². The third-order valence-corrected chi connectivity index (χ3v) is 7.00. The second kappa shape index (κ2) is 11.1. The summed E-state index contributed by atoms with van der Waals surface area (Å²) in [5.41, 5.74) is 0.654. The van der Waals surface area contributed by atoms with E-state index >= 15 is 0 Å². The lowest BCUT2D eigenvalue weighted by Crippen LogP contribution is -2.31. The van der Waals surface area contributed by atoms with Gasteiger partial charge in [-0.3, -0.25) is 4.79 Å². The van der Waals surface area contributed by atoms with Crippen LogP contribution in [0, 0.1) is 0 Å². The molecule has 0 aromatic heterocycles. The van der Waals surface area contributed by atoms with Crippen molar-refractivity contribution >= 4 is 27.6 Å². The molecule has 0 spiro atoms. The average molecular weight is 461 g/mol. The van der Waals surface area contributed by atoms with Gasteiger partial charge >= 0.3 is 5.97 Å². The number of para-hydroxylation sites is 2. The quantitative estimate of drug-likeness (QED) is 0.606. The molecule has 1 heterocycles. The van der Waals surface area contributed by atoms with Crippen molar-refractivity contribution in [2.75, 3.05) is 31.6 Å². The first kappa shape index (κ1) is 23.7. The SMILES string of the molecule is CCOc1ccccc1NC(=O)COC(=O)c1ccc(S(=O)(=O)N2CCCCCC2)cc1. The number of esters is 1. The third-order valence-electron chi connectivity index (χ3n) is 5.09. The second-order valence-electron chi connectivity index (χ2n) is 7.40. The molecule has 0 bridgehead atoms. The minimum absolute atomic E-state index is 0.140. The normalized spacial score (nSPS) is 14.9. The van der Waals surface area contributed by atoms with Gasteiger partial charge < -0.3 is 14.8 Å². The molecule has 172 valence electrons. The van der Waals surface area contributed by atoms with Gasteiger partial charge in [-0.2, -0.15) is 4.31 Å². The van der Waals surface area contributed by atoms with E-state index in [0.717, 1.165) is 25.7 Å². The van der Waals surface area contributed by atoms with Crippen LogP contribution in [0.5, 0.6) is 5.75 Å². The van der Waals surface area contributed by atoms with Gasteiger partial charge in [0.05, 0.1) is 22.8 Å². The van der Waals surface area contributed by atoms with Crippen LogP contribution in [0.3, 0.4) is 0 Å². The number of carbonyl (C=O) groups is 2. The standard InChI is InChI=1S/C23H28N2O6S/c1-2-30-21-10-6-5-9-20(21)24-22(26)17-31-23(27)18-11-13-19(14-12-18)32(28,29)25-15-7-3-4-8-16-25/h5-6,9-14H,2-4,7-8,15-17H2,1H3,(H,24,26). The molecular weight excluding hydrogens is 432 g/mol. The average Bonchev–Trinajstić information content (AvgIpc) is 3.09. The molecule has 2 aromatic rings. The summed E-state index contributed by atoms with van der Waals surface area (Å²) in [6.07, 6.45) is 3.75. The third kappa shape index (κ3) is 6.08. The molecule has 1 fully saturated rings. The number of sulfonamides is 1. The Morgan fingerprint density at radius 1 is 0.969 bits per heavy atom. The molecular formula is C23H28N2O6S. The van der Waals surface area contributed by atoms with Gasteiger partial charge in [-0.1, -0.05) is 25.0 Å². The van der Waals surface area contributed by atoms with Crippen molar-refractivity contribution < 1.29 is 27.5 Å². The first-order valence-electron chi connectivity index (χ1n) is 10.7. The molecule has 3 rings (SSSR count). The Hall–Kier alpha value is -2.91. The number of anilines is 1. The molecule has 0 saturated carbocycles. The Morgan fingerprint density at radius 2 is 1.62 bits per heavy atom. The lowest BCUT2D eigenvalue weighted by Gasteiger charge is -2.20. The van der Waals surface area contributed by atoms with E-state index in [-0.39, 0.29) is 10.5 Å². The van der Waals surface area contributed by atoms with Crippen LogP contribution in [0.1, 0.15) is 43.0 Å². The zero-order valence-electron chi connectivity index (χ0n) is 18.1. The molecule has 32 heavy (non-hydrogen) atoms. The smallest absolute Gasteiger partial charge is 0.338 e. The van der Waals surface area contributed by atoms with Gasteiger partial charge in [0.15, 0.2) is 6.61 Å². The Kier molecular flexibility index (Phi) is 8.24. The lowest BCUT2D eigenvalue weighted by molar-refractivity contribution is -0.119. The summed E-state index contributed by atoms with van der Waals surface area (Å²) in [5.74, 6) is -0.696. The van der Waals surface area contributed by atoms with Gasteiger partial charge in [-0.15, -0.1) is 0 Å². The van der Waals surface area contributed by atoms with E-state index < -0.39 is 28.5 Å². The zero-order chi connectivity index (χ0) is 23.0. The van der Waals surface area contributed by atoms with Crippen molar-refractivity contribution in [1.29, 1.82) is 0 Å². The Balaban J connectivity index is 1.57. The van der Waals surface area contributed by atoms with Crippen LogP contribution >= 0.6 is 0 Å². The maximum absolute atomic E-state index is 12.8. The highest BCUT2D eigenvalue weighted by Crippen LogP contribution is 2.24. The van der Waals surface area contributed by atoms with Crippen LogP contribution in [0.25, 0.3) is 0 Å². The molecule has 1 aliphatic heterocycles. The van der Waals surface area contributed by atoms with Gasteiger partial charge in [0.25, 0.3) is 5.91 Å². The fourth-order valence-electron chi connectivity index (χ4n) is 3.45. The van der Waals surface area contributed by atoms with Crippen molar-refractivity contribution in [3.63, 3.8) is 0 Å². The molecule has 0 unspecified atom stereocenters. The first-order valence-corrected chi connectivity index (χ1v) is 12.1. The van der Waals surface area contributed by atoms with E-state index in [9.17, 15) is 18.0 Å². The number of benzene rings is 2. The number of ether oxygens (including phenoxy) is 2. The maximum Gasteiger partial charge on any atom is 0.338 e. The summed E-state index contributed by atoms with van der Waals surface area (Å²) in [5, 5.41) is 2.65. The van der Waals surface area contributed by atoms with Gasteiger partial charge in [0, 0.05) is 13.1 Å². The number of rotatable bonds is 8. The highest BCUT2D eigenvalue weighted by molar-refractivity contribution is 7.89. The highest BCUT2D eigenvalue weighted by Gasteiger charge is 2.25. The van der Waals surface area contributed by atoms with Crippen molar-refractivity contribution in [2.24, 2.45) is 0 Å². The Morgan fingerprint density at radius 3 is 2.28 bits per heavy atom. The summed E-state index contributed by atoms with van der Waals surface area (Å²) in [6, 6.07) is 12.6. The minimum atomic E-state index is -3.59. The van der Waals surface area contributed by atoms with Crippen LogP contribution < -0.4 is 10.1 Å². The summed E-state index contributed by atoms with van der Waals surface area (Å²) in [4.78, 5) is 24.6. The predicted molar refractivity (Wildman–Crippen MR) is 120 cm³/mol. The molecule has 0 atom stereocenters. The summed E-state index contributed by atoms with van der Waals surface area (Å²) in [6.45, 7) is 2.82. The minimum Gasteiger partial charge on any atom is -0.492 e. The molecule has 1 amide bonds. The fraction of sp³-hybridized carbons (Fsp3) is 0.391. The van der Waals surface area contributed by atoms with Crippen molar-refractivity contribution in [2.45, 2.75) is 37.5 Å². The zero-order valence-corrected chi connectivity index (χ0v) is 18.9. The maximum atomic E-state index is 12.8.